The van der Waals surface area contributed by atoms with E-state index in [0.29, 0.717) is 37.3 Å². The van der Waals surface area contributed by atoms with Gasteiger partial charge < -0.3 is 14.8 Å². The summed E-state index contributed by atoms with van der Waals surface area (Å²) < 4.78 is 12.5. The minimum absolute atomic E-state index is 0.0334. The summed E-state index contributed by atoms with van der Waals surface area (Å²) in [5.41, 5.74) is 3.90. The molecule has 150 valence electrons. The fraction of sp³-hybridized carbons (Fsp3) is 0.476. The van der Waals surface area contributed by atoms with Crippen molar-refractivity contribution in [2.45, 2.75) is 52.6 Å². The zero-order chi connectivity index (χ0) is 20.7. The lowest BCUT2D eigenvalue weighted by molar-refractivity contribution is -0.121. The van der Waals surface area contributed by atoms with Gasteiger partial charge in [-0.25, -0.2) is 0 Å². The molecule has 1 atom stereocenters. The Hall–Kier alpha value is -3.01. The number of hydrogen-bond donors (Lipinski definition) is 1. The fourth-order valence-corrected chi connectivity index (χ4v) is 3.28. The summed E-state index contributed by atoms with van der Waals surface area (Å²) in [7, 11) is 3.20. The van der Waals surface area contributed by atoms with Crippen molar-refractivity contribution >= 4 is 5.91 Å². The average Bonchev–Trinajstić information content (AvgIpc) is 2.96. The van der Waals surface area contributed by atoms with Crippen molar-refractivity contribution in [1.82, 2.24) is 15.1 Å². The second-order valence-corrected chi connectivity index (χ2v) is 6.68. The van der Waals surface area contributed by atoms with Gasteiger partial charge in [-0.2, -0.15) is 10.4 Å². The Kier molecular flexibility index (Phi) is 7.44. The van der Waals surface area contributed by atoms with Gasteiger partial charge in [0, 0.05) is 23.7 Å². The van der Waals surface area contributed by atoms with Crippen molar-refractivity contribution in [3.63, 3.8) is 0 Å². The smallest absolute Gasteiger partial charge is 0.220 e. The standard InChI is InChI=1S/C21H28N4O3/c1-14(19-8-7-17(27-4)13-20(19)28-5)23-21(26)10-9-18-15(2)24-25(16(18)3)12-6-11-22/h7-8,13-14H,6,9-10,12H2,1-5H3,(H,23,26). The van der Waals surface area contributed by atoms with Crippen molar-refractivity contribution in [3.05, 3.63) is 40.7 Å². The highest BCUT2D eigenvalue weighted by Crippen LogP contribution is 2.29. The first-order chi connectivity index (χ1) is 13.4. The van der Waals surface area contributed by atoms with Gasteiger partial charge in [0.15, 0.2) is 0 Å². The number of ether oxygens (including phenoxy) is 2. The summed E-state index contributed by atoms with van der Waals surface area (Å²) in [5.74, 6) is 1.35. The number of aryl methyl sites for hydroxylation is 2. The van der Waals surface area contributed by atoms with E-state index < -0.39 is 0 Å². The number of nitriles is 1. The minimum atomic E-state index is -0.186. The van der Waals surface area contributed by atoms with Gasteiger partial charge in [0.25, 0.3) is 0 Å². The normalized spacial score (nSPS) is 11.6. The van der Waals surface area contributed by atoms with Crippen LogP contribution >= 0.6 is 0 Å². The second-order valence-electron chi connectivity index (χ2n) is 6.68. The molecule has 1 unspecified atom stereocenters. The zero-order valence-corrected chi connectivity index (χ0v) is 17.2. The van der Waals surface area contributed by atoms with Crippen LogP contribution < -0.4 is 14.8 Å². The van der Waals surface area contributed by atoms with E-state index in [1.54, 1.807) is 20.3 Å². The van der Waals surface area contributed by atoms with Crippen molar-refractivity contribution in [2.24, 2.45) is 0 Å². The third-order valence-electron chi connectivity index (χ3n) is 4.85. The van der Waals surface area contributed by atoms with Crippen LogP contribution in [0.3, 0.4) is 0 Å². The lowest BCUT2D eigenvalue weighted by atomic mass is 10.0. The fourth-order valence-electron chi connectivity index (χ4n) is 3.28. The van der Waals surface area contributed by atoms with Gasteiger partial charge in [-0.3, -0.25) is 9.48 Å². The number of rotatable bonds is 9. The van der Waals surface area contributed by atoms with Crippen molar-refractivity contribution in [3.8, 4) is 17.6 Å². The molecule has 1 heterocycles. The van der Waals surface area contributed by atoms with Crippen LogP contribution in [0.25, 0.3) is 0 Å². The van der Waals surface area contributed by atoms with Crippen LogP contribution in [0.5, 0.6) is 11.5 Å². The number of nitrogens with zero attached hydrogens (tertiary/aromatic N) is 3. The number of methoxy groups -OCH3 is 2. The largest absolute Gasteiger partial charge is 0.497 e. The third-order valence-corrected chi connectivity index (χ3v) is 4.85. The molecule has 0 spiro atoms. The van der Waals surface area contributed by atoms with E-state index in [2.05, 4.69) is 16.5 Å². The number of aromatic nitrogens is 2. The zero-order valence-electron chi connectivity index (χ0n) is 17.2. The van der Waals surface area contributed by atoms with Crippen molar-refractivity contribution < 1.29 is 14.3 Å². The molecule has 0 aliphatic rings. The van der Waals surface area contributed by atoms with E-state index in [4.69, 9.17) is 14.7 Å². The molecule has 1 N–H and O–H groups in total. The average molecular weight is 384 g/mol. The Morgan fingerprint density at radius 1 is 1.32 bits per heavy atom. The summed E-state index contributed by atoms with van der Waals surface area (Å²) in [6.07, 6.45) is 1.40. The third kappa shape index (κ3) is 5.03. The molecule has 1 aromatic heterocycles. The van der Waals surface area contributed by atoms with Gasteiger partial charge in [0.2, 0.25) is 5.91 Å². The van der Waals surface area contributed by atoms with Crippen LogP contribution in [-0.2, 0) is 17.8 Å². The molecule has 0 saturated heterocycles. The predicted octanol–water partition coefficient (Wildman–Crippen LogP) is 3.24. The molecule has 0 fully saturated rings. The first kappa shape index (κ1) is 21.3. The summed E-state index contributed by atoms with van der Waals surface area (Å²) in [6, 6.07) is 7.50. The molecule has 28 heavy (non-hydrogen) atoms. The number of carbonyl (C=O) groups is 1. The number of hydrogen-bond acceptors (Lipinski definition) is 5. The van der Waals surface area contributed by atoms with E-state index in [-0.39, 0.29) is 11.9 Å². The summed E-state index contributed by atoms with van der Waals surface area (Å²) in [6.45, 7) is 6.42. The molecular formula is C21H28N4O3. The second kappa shape index (κ2) is 9.79. The van der Waals surface area contributed by atoms with E-state index in [9.17, 15) is 4.79 Å². The van der Waals surface area contributed by atoms with E-state index in [0.717, 1.165) is 22.5 Å². The summed E-state index contributed by atoms with van der Waals surface area (Å²) >= 11 is 0. The lowest BCUT2D eigenvalue weighted by Crippen LogP contribution is -2.27. The van der Waals surface area contributed by atoms with Crippen molar-refractivity contribution in [1.29, 1.82) is 5.26 Å². The topological polar surface area (TPSA) is 89.2 Å². The molecule has 1 amide bonds. The Morgan fingerprint density at radius 2 is 2.07 bits per heavy atom. The van der Waals surface area contributed by atoms with Gasteiger partial charge >= 0.3 is 0 Å². The van der Waals surface area contributed by atoms with Gasteiger partial charge in [-0.15, -0.1) is 0 Å². The molecular weight excluding hydrogens is 356 g/mol. The monoisotopic (exact) mass is 384 g/mol. The number of benzene rings is 1. The molecule has 7 nitrogen and oxygen atoms in total. The Morgan fingerprint density at radius 3 is 2.71 bits per heavy atom. The van der Waals surface area contributed by atoms with Gasteiger partial charge in [0.05, 0.1) is 45.0 Å². The lowest BCUT2D eigenvalue weighted by Gasteiger charge is -2.18. The maximum absolute atomic E-state index is 12.5. The van der Waals surface area contributed by atoms with Gasteiger partial charge in [-0.1, -0.05) is 0 Å². The molecule has 1 aromatic carbocycles. The number of nitrogens with one attached hydrogen (secondary N) is 1. The van der Waals surface area contributed by atoms with Gasteiger partial charge in [0.1, 0.15) is 11.5 Å². The SMILES string of the molecule is COc1ccc(C(C)NC(=O)CCc2c(C)nn(CCC#N)c2C)c(OC)c1. The van der Waals surface area contributed by atoms with E-state index in [1.807, 2.05) is 37.6 Å². The molecule has 7 heteroatoms. The predicted molar refractivity (Wildman–Crippen MR) is 106 cm³/mol. The molecule has 0 saturated carbocycles. The van der Waals surface area contributed by atoms with E-state index in [1.165, 1.54) is 0 Å². The van der Waals surface area contributed by atoms with Gasteiger partial charge in [-0.05, 0) is 44.9 Å². The Bertz CT molecular complexity index is 867. The van der Waals surface area contributed by atoms with Crippen LogP contribution in [0.15, 0.2) is 18.2 Å². The maximum Gasteiger partial charge on any atom is 0.220 e. The number of amides is 1. The maximum atomic E-state index is 12.5. The Balaban J connectivity index is 2.00. The highest BCUT2D eigenvalue weighted by atomic mass is 16.5. The molecule has 0 bridgehead atoms. The first-order valence-corrected chi connectivity index (χ1v) is 9.32. The molecule has 0 radical (unpaired) electrons. The summed E-state index contributed by atoms with van der Waals surface area (Å²) in [4.78, 5) is 12.5. The van der Waals surface area contributed by atoms with Crippen LogP contribution in [-0.4, -0.2) is 29.9 Å². The quantitative estimate of drug-likeness (QED) is 0.717. The van der Waals surface area contributed by atoms with Crippen LogP contribution in [0.1, 0.15) is 48.3 Å². The van der Waals surface area contributed by atoms with Crippen LogP contribution in [0.2, 0.25) is 0 Å². The van der Waals surface area contributed by atoms with Crippen LogP contribution in [0, 0.1) is 25.2 Å². The van der Waals surface area contributed by atoms with E-state index >= 15 is 0 Å². The minimum Gasteiger partial charge on any atom is -0.497 e. The van der Waals surface area contributed by atoms with Crippen molar-refractivity contribution in [2.75, 3.05) is 14.2 Å². The first-order valence-electron chi connectivity index (χ1n) is 9.32. The van der Waals surface area contributed by atoms with Crippen LogP contribution in [0.4, 0.5) is 0 Å². The molecule has 0 aliphatic carbocycles. The highest BCUT2D eigenvalue weighted by Gasteiger charge is 2.17. The Labute approximate surface area is 166 Å². The molecule has 0 aliphatic heterocycles. The number of carbonyl (C=O) groups excluding carboxylic acids is 1. The highest BCUT2D eigenvalue weighted by molar-refractivity contribution is 5.77. The molecule has 2 aromatic rings. The summed E-state index contributed by atoms with van der Waals surface area (Å²) in [5, 5.41) is 16.3. The molecule has 2 rings (SSSR count).